The second kappa shape index (κ2) is 6.62. The van der Waals surface area contributed by atoms with Gasteiger partial charge in [0.2, 0.25) is 0 Å². The van der Waals surface area contributed by atoms with E-state index < -0.39 is 0 Å². The maximum Gasteiger partial charge on any atom is 0.122 e. The molecule has 17 heavy (non-hydrogen) atoms. The van der Waals surface area contributed by atoms with Gasteiger partial charge in [0.05, 0.1) is 0 Å². The molecule has 0 aliphatic rings. The van der Waals surface area contributed by atoms with Crippen molar-refractivity contribution in [2.24, 2.45) is 5.73 Å². The third-order valence-electron chi connectivity index (χ3n) is 3.03. The molecule has 0 spiro atoms. The van der Waals surface area contributed by atoms with Gasteiger partial charge in [-0.25, -0.2) is 0 Å². The van der Waals surface area contributed by atoms with Crippen LogP contribution in [-0.4, -0.2) is 38.2 Å². The quantitative estimate of drug-likeness (QED) is 0.819. The topological polar surface area (TPSA) is 38.5 Å². The monoisotopic (exact) mass is 236 g/mol. The minimum absolute atomic E-state index is 0.694. The van der Waals surface area contributed by atoms with Crippen molar-refractivity contribution in [2.75, 3.05) is 33.3 Å². The van der Waals surface area contributed by atoms with Crippen LogP contribution in [0.1, 0.15) is 16.7 Å². The van der Waals surface area contributed by atoms with Gasteiger partial charge in [0.1, 0.15) is 12.4 Å². The Bertz CT molecular complexity index is 363. The predicted molar refractivity (Wildman–Crippen MR) is 72.7 cm³/mol. The molecule has 0 heterocycles. The van der Waals surface area contributed by atoms with Crippen LogP contribution in [-0.2, 0) is 0 Å². The molecule has 0 aliphatic carbocycles. The fraction of sp³-hybridized carbons (Fsp3) is 0.571. The molecular formula is C14H24N2O. The summed E-state index contributed by atoms with van der Waals surface area (Å²) in [4.78, 5) is 2.18. The Morgan fingerprint density at radius 2 is 1.71 bits per heavy atom. The minimum Gasteiger partial charge on any atom is -0.492 e. The van der Waals surface area contributed by atoms with Crippen molar-refractivity contribution in [2.45, 2.75) is 20.8 Å². The number of benzene rings is 1. The van der Waals surface area contributed by atoms with E-state index in [2.05, 4.69) is 44.9 Å². The van der Waals surface area contributed by atoms with E-state index in [9.17, 15) is 0 Å². The zero-order valence-corrected chi connectivity index (χ0v) is 11.4. The van der Waals surface area contributed by atoms with Crippen molar-refractivity contribution in [1.82, 2.24) is 4.90 Å². The molecule has 3 heteroatoms. The van der Waals surface area contributed by atoms with Gasteiger partial charge in [-0.1, -0.05) is 6.07 Å². The van der Waals surface area contributed by atoms with E-state index in [-0.39, 0.29) is 0 Å². The number of ether oxygens (including phenoxy) is 1. The predicted octanol–water partition coefficient (Wildman–Crippen LogP) is 1.88. The highest BCUT2D eigenvalue weighted by Gasteiger charge is 2.03. The third kappa shape index (κ3) is 4.36. The van der Waals surface area contributed by atoms with Gasteiger partial charge in [-0.05, 0) is 50.6 Å². The van der Waals surface area contributed by atoms with Crippen molar-refractivity contribution in [3.05, 3.63) is 28.8 Å². The van der Waals surface area contributed by atoms with E-state index in [0.29, 0.717) is 13.2 Å². The van der Waals surface area contributed by atoms with Crippen molar-refractivity contribution >= 4 is 0 Å². The summed E-state index contributed by atoms with van der Waals surface area (Å²) < 4.78 is 5.81. The number of hydrogen-bond acceptors (Lipinski definition) is 3. The number of rotatable bonds is 6. The number of nitrogens with zero attached hydrogens (tertiary/aromatic N) is 1. The van der Waals surface area contributed by atoms with Crippen LogP contribution in [0.15, 0.2) is 12.1 Å². The summed E-state index contributed by atoms with van der Waals surface area (Å²) in [5.41, 5.74) is 9.29. The summed E-state index contributed by atoms with van der Waals surface area (Å²) in [6.45, 7) is 9.55. The first-order valence-electron chi connectivity index (χ1n) is 6.14. The Morgan fingerprint density at radius 1 is 1.06 bits per heavy atom. The first kappa shape index (κ1) is 14.0. The first-order valence-corrected chi connectivity index (χ1v) is 6.14. The molecule has 0 fully saturated rings. The minimum atomic E-state index is 0.694. The van der Waals surface area contributed by atoms with E-state index in [1.54, 1.807) is 0 Å². The second-order valence-electron chi connectivity index (χ2n) is 4.64. The van der Waals surface area contributed by atoms with Gasteiger partial charge < -0.3 is 15.4 Å². The molecule has 0 radical (unpaired) electrons. The summed E-state index contributed by atoms with van der Waals surface area (Å²) in [7, 11) is 2.06. The summed E-state index contributed by atoms with van der Waals surface area (Å²) in [5, 5.41) is 0. The van der Waals surface area contributed by atoms with E-state index in [0.717, 1.165) is 18.8 Å². The van der Waals surface area contributed by atoms with Crippen molar-refractivity contribution in [3.63, 3.8) is 0 Å². The molecule has 2 N–H and O–H groups in total. The lowest BCUT2D eigenvalue weighted by Gasteiger charge is -2.17. The van der Waals surface area contributed by atoms with E-state index in [1.807, 2.05) is 0 Å². The van der Waals surface area contributed by atoms with Gasteiger partial charge in [-0.3, -0.25) is 0 Å². The van der Waals surface area contributed by atoms with Gasteiger partial charge in [-0.2, -0.15) is 0 Å². The lowest BCUT2D eigenvalue weighted by Crippen LogP contribution is -2.29. The van der Waals surface area contributed by atoms with Gasteiger partial charge >= 0.3 is 0 Å². The largest absolute Gasteiger partial charge is 0.492 e. The van der Waals surface area contributed by atoms with Gasteiger partial charge in [0.25, 0.3) is 0 Å². The summed E-state index contributed by atoms with van der Waals surface area (Å²) in [6.07, 6.45) is 0. The third-order valence-corrected chi connectivity index (χ3v) is 3.03. The molecule has 0 bridgehead atoms. The molecule has 0 atom stereocenters. The Kier molecular flexibility index (Phi) is 5.45. The standard InChI is InChI=1S/C14H24N2O/c1-11-9-13(3)14(10-12(11)2)17-8-7-16(4)6-5-15/h9-10H,5-8,15H2,1-4H3. The molecule has 1 aromatic carbocycles. The molecule has 0 saturated carbocycles. The average molecular weight is 236 g/mol. The highest BCUT2D eigenvalue weighted by molar-refractivity contribution is 5.40. The van der Waals surface area contributed by atoms with Crippen LogP contribution >= 0.6 is 0 Å². The fourth-order valence-electron chi connectivity index (χ4n) is 1.73. The maximum absolute atomic E-state index is 5.81. The highest BCUT2D eigenvalue weighted by atomic mass is 16.5. The fourth-order valence-corrected chi connectivity index (χ4v) is 1.73. The van der Waals surface area contributed by atoms with E-state index >= 15 is 0 Å². The smallest absolute Gasteiger partial charge is 0.122 e. The number of hydrogen-bond donors (Lipinski definition) is 1. The summed E-state index contributed by atoms with van der Waals surface area (Å²) >= 11 is 0. The zero-order valence-electron chi connectivity index (χ0n) is 11.4. The van der Waals surface area contributed by atoms with Crippen molar-refractivity contribution in [1.29, 1.82) is 0 Å². The SMILES string of the molecule is Cc1cc(C)c(OCCN(C)CCN)cc1C. The van der Waals surface area contributed by atoms with Gasteiger partial charge in [0.15, 0.2) is 0 Å². The van der Waals surface area contributed by atoms with Crippen LogP contribution in [0.25, 0.3) is 0 Å². The highest BCUT2D eigenvalue weighted by Crippen LogP contribution is 2.22. The van der Waals surface area contributed by atoms with Crippen LogP contribution in [0.4, 0.5) is 0 Å². The van der Waals surface area contributed by atoms with Crippen LogP contribution in [0.5, 0.6) is 5.75 Å². The van der Waals surface area contributed by atoms with Gasteiger partial charge in [-0.15, -0.1) is 0 Å². The van der Waals surface area contributed by atoms with Crippen molar-refractivity contribution in [3.8, 4) is 5.75 Å². The molecule has 0 aromatic heterocycles. The lowest BCUT2D eigenvalue weighted by atomic mass is 10.1. The van der Waals surface area contributed by atoms with Crippen LogP contribution in [0.2, 0.25) is 0 Å². The van der Waals surface area contributed by atoms with Crippen LogP contribution in [0, 0.1) is 20.8 Å². The normalized spacial score (nSPS) is 10.9. The number of nitrogens with two attached hydrogens (primary N) is 1. The second-order valence-corrected chi connectivity index (χ2v) is 4.64. The Morgan fingerprint density at radius 3 is 2.35 bits per heavy atom. The molecule has 0 saturated heterocycles. The number of aryl methyl sites for hydroxylation is 3. The Hall–Kier alpha value is -1.06. The summed E-state index contributed by atoms with van der Waals surface area (Å²) in [6, 6.07) is 4.29. The molecule has 0 amide bonds. The zero-order chi connectivity index (χ0) is 12.8. The molecule has 1 aromatic rings. The number of likely N-dealkylation sites (N-methyl/N-ethyl adjacent to an activating group) is 1. The lowest BCUT2D eigenvalue weighted by molar-refractivity contribution is 0.240. The molecule has 1 rings (SSSR count). The molecule has 3 nitrogen and oxygen atoms in total. The molecule has 0 aliphatic heterocycles. The molecular weight excluding hydrogens is 212 g/mol. The first-order chi connectivity index (χ1) is 8.04. The maximum atomic E-state index is 5.81. The Balaban J connectivity index is 2.49. The van der Waals surface area contributed by atoms with Crippen molar-refractivity contribution < 1.29 is 4.74 Å². The van der Waals surface area contributed by atoms with Gasteiger partial charge in [0, 0.05) is 19.6 Å². The average Bonchev–Trinajstić information content (AvgIpc) is 2.26. The molecule has 0 unspecified atom stereocenters. The Labute approximate surface area is 105 Å². The van der Waals surface area contributed by atoms with E-state index in [4.69, 9.17) is 10.5 Å². The van der Waals surface area contributed by atoms with Crippen LogP contribution < -0.4 is 10.5 Å². The van der Waals surface area contributed by atoms with E-state index in [1.165, 1.54) is 16.7 Å². The van der Waals surface area contributed by atoms with Crippen LogP contribution in [0.3, 0.4) is 0 Å². The summed E-state index contributed by atoms with van der Waals surface area (Å²) in [5.74, 6) is 0.995. The molecule has 96 valence electrons.